The van der Waals surface area contributed by atoms with Crippen LogP contribution in [0.3, 0.4) is 0 Å². The number of rotatable bonds is 6. The van der Waals surface area contributed by atoms with Gasteiger partial charge in [0.15, 0.2) is 0 Å². The van der Waals surface area contributed by atoms with Crippen molar-refractivity contribution in [1.82, 2.24) is 0 Å². The van der Waals surface area contributed by atoms with Crippen LogP contribution in [0.25, 0.3) is 0 Å². The van der Waals surface area contributed by atoms with Gasteiger partial charge >= 0.3 is 0 Å². The molecule has 120 valence electrons. The summed E-state index contributed by atoms with van der Waals surface area (Å²) in [6, 6.07) is 4.28. The number of aryl methyl sites for hydroxylation is 2. The molecule has 0 spiro atoms. The van der Waals surface area contributed by atoms with Gasteiger partial charge in [0.2, 0.25) is 0 Å². The van der Waals surface area contributed by atoms with E-state index in [0.29, 0.717) is 19.3 Å². The summed E-state index contributed by atoms with van der Waals surface area (Å²) in [5, 5.41) is 19.6. The van der Waals surface area contributed by atoms with E-state index in [1.807, 2.05) is 6.92 Å². The third kappa shape index (κ3) is 4.72. The SMILES string of the molecule is CCC(O)C(O)CCc1cc(C)cc(C(C)(C)C)c1OC. The zero-order valence-electron chi connectivity index (χ0n) is 14.2. The molecule has 0 aromatic heterocycles. The van der Waals surface area contributed by atoms with Crippen LogP contribution in [-0.2, 0) is 11.8 Å². The second kappa shape index (κ2) is 7.28. The van der Waals surface area contributed by atoms with Crippen molar-refractivity contribution in [2.45, 2.75) is 71.5 Å². The van der Waals surface area contributed by atoms with E-state index >= 15 is 0 Å². The van der Waals surface area contributed by atoms with Crippen LogP contribution < -0.4 is 4.74 Å². The van der Waals surface area contributed by atoms with Crippen LogP contribution in [0.5, 0.6) is 5.75 Å². The van der Waals surface area contributed by atoms with E-state index in [1.165, 1.54) is 11.1 Å². The highest BCUT2D eigenvalue weighted by Crippen LogP contribution is 2.35. The first-order chi connectivity index (χ1) is 9.70. The van der Waals surface area contributed by atoms with Crippen molar-refractivity contribution in [3.63, 3.8) is 0 Å². The standard InChI is InChI=1S/C18H30O3/c1-7-15(19)16(20)9-8-13-10-12(2)11-14(17(13)21-6)18(3,4)5/h10-11,15-16,19-20H,7-9H2,1-6H3. The van der Waals surface area contributed by atoms with Gasteiger partial charge in [-0.25, -0.2) is 0 Å². The number of hydrogen-bond acceptors (Lipinski definition) is 3. The lowest BCUT2D eigenvalue weighted by molar-refractivity contribution is 0.0130. The minimum atomic E-state index is -0.682. The molecular weight excluding hydrogens is 264 g/mol. The molecule has 2 N–H and O–H groups in total. The maximum absolute atomic E-state index is 9.95. The highest BCUT2D eigenvalue weighted by atomic mass is 16.5. The lowest BCUT2D eigenvalue weighted by Gasteiger charge is -2.25. The molecule has 3 heteroatoms. The lowest BCUT2D eigenvalue weighted by Crippen LogP contribution is -2.25. The Kier molecular flexibility index (Phi) is 6.24. The topological polar surface area (TPSA) is 49.7 Å². The number of hydrogen-bond donors (Lipinski definition) is 2. The molecule has 0 saturated carbocycles. The Balaban J connectivity index is 3.04. The molecule has 0 amide bonds. The quantitative estimate of drug-likeness (QED) is 0.846. The predicted molar refractivity (Wildman–Crippen MR) is 87.1 cm³/mol. The van der Waals surface area contributed by atoms with Gasteiger partial charge in [-0.3, -0.25) is 0 Å². The number of benzene rings is 1. The molecular formula is C18H30O3. The molecule has 0 fully saturated rings. The van der Waals surface area contributed by atoms with Gasteiger partial charge in [-0.15, -0.1) is 0 Å². The van der Waals surface area contributed by atoms with Crippen molar-refractivity contribution >= 4 is 0 Å². The summed E-state index contributed by atoms with van der Waals surface area (Å²) >= 11 is 0. The van der Waals surface area contributed by atoms with Crippen LogP contribution in [0, 0.1) is 6.92 Å². The van der Waals surface area contributed by atoms with Crippen molar-refractivity contribution < 1.29 is 14.9 Å². The van der Waals surface area contributed by atoms with E-state index in [1.54, 1.807) is 7.11 Å². The Bertz CT molecular complexity index is 460. The molecule has 0 aliphatic rings. The van der Waals surface area contributed by atoms with Crippen molar-refractivity contribution in [3.8, 4) is 5.75 Å². The molecule has 3 nitrogen and oxygen atoms in total. The Hall–Kier alpha value is -1.06. The van der Waals surface area contributed by atoms with Crippen molar-refractivity contribution in [2.75, 3.05) is 7.11 Å². The van der Waals surface area contributed by atoms with Gasteiger partial charge in [-0.2, -0.15) is 0 Å². The Labute approximate surface area is 129 Å². The van der Waals surface area contributed by atoms with E-state index < -0.39 is 12.2 Å². The van der Waals surface area contributed by atoms with Gasteiger partial charge in [-0.05, 0) is 37.2 Å². The normalized spacial score (nSPS) is 14.9. The highest BCUT2D eigenvalue weighted by molar-refractivity contribution is 5.48. The smallest absolute Gasteiger partial charge is 0.125 e. The van der Waals surface area contributed by atoms with Crippen molar-refractivity contribution in [3.05, 3.63) is 28.8 Å². The summed E-state index contributed by atoms with van der Waals surface area (Å²) in [4.78, 5) is 0. The fraction of sp³-hybridized carbons (Fsp3) is 0.667. The largest absolute Gasteiger partial charge is 0.496 e. The minimum absolute atomic E-state index is 0.00760. The van der Waals surface area contributed by atoms with Crippen molar-refractivity contribution in [1.29, 1.82) is 0 Å². The molecule has 0 saturated heterocycles. The van der Waals surface area contributed by atoms with E-state index in [9.17, 15) is 10.2 Å². The molecule has 0 heterocycles. The van der Waals surface area contributed by atoms with Crippen LogP contribution in [0.2, 0.25) is 0 Å². The van der Waals surface area contributed by atoms with Gasteiger partial charge in [0.1, 0.15) is 5.75 Å². The average Bonchev–Trinajstić information content (AvgIpc) is 2.42. The van der Waals surface area contributed by atoms with Crippen LogP contribution in [0.1, 0.15) is 57.2 Å². The molecule has 2 atom stereocenters. The third-order valence-electron chi connectivity index (χ3n) is 3.89. The molecule has 1 rings (SSSR count). The summed E-state index contributed by atoms with van der Waals surface area (Å²) in [5.41, 5.74) is 3.49. The number of aliphatic hydroxyl groups excluding tert-OH is 2. The number of aliphatic hydroxyl groups is 2. The summed E-state index contributed by atoms with van der Waals surface area (Å²) in [7, 11) is 1.70. The van der Waals surface area contributed by atoms with Crippen LogP contribution in [0.15, 0.2) is 12.1 Å². The Morgan fingerprint density at radius 2 is 1.76 bits per heavy atom. The zero-order valence-corrected chi connectivity index (χ0v) is 14.2. The third-order valence-corrected chi connectivity index (χ3v) is 3.89. The molecule has 2 unspecified atom stereocenters. The van der Waals surface area contributed by atoms with E-state index in [4.69, 9.17) is 4.74 Å². The summed E-state index contributed by atoms with van der Waals surface area (Å²) < 4.78 is 5.63. The first-order valence-electron chi connectivity index (χ1n) is 7.74. The first-order valence-corrected chi connectivity index (χ1v) is 7.74. The second-order valence-electron chi connectivity index (χ2n) is 6.84. The Morgan fingerprint density at radius 1 is 1.14 bits per heavy atom. The number of ether oxygens (including phenoxy) is 1. The summed E-state index contributed by atoms with van der Waals surface area (Å²) in [6.07, 6.45) is 0.477. The Morgan fingerprint density at radius 3 is 2.24 bits per heavy atom. The van der Waals surface area contributed by atoms with Crippen LogP contribution >= 0.6 is 0 Å². The molecule has 0 bridgehead atoms. The van der Waals surface area contributed by atoms with Gasteiger partial charge in [0, 0.05) is 5.56 Å². The van der Waals surface area contributed by atoms with E-state index in [0.717, 1.165) is 11.3 Å². The first kappa shape index (κ1) is 18.0. The fourth-order valence-corrected chi connectivity index (χ4v) is 2.60. The van der Waals surface area contributed by atoms with Gasteiger partial charge < -0.3 is 14.9 Å². The predicted octanol–water partition coefficient (Wildman–Crippen LogP) is 3.37. The summed E-state index contributed by atoms with van der Waals surface area (Å²) in [6.45, 7) is 10.5. The maximum atomic E-state index is 9.95. The minimum Gasteiger partial charge on any atom is -0.496 e. The molecule has 0 radical (unpaired) electrons. The van der Waals surface area contributed by atoms with Gasteiger partial charge in [-0.1, -0.05) is 45.4 Å². The summed E-state index contributed by atoms with van der Waals surface area (Å²) in [5.74, 6) is 0.909. The van der Waals surface area contributed by atoms with Crippen LogP contribution in [-0.4, -0.2) is 29.5 Å². The van der Waals surface area contributed by atoms with E-state index in [-0.39, 0.29) is 5.41 Å². The van der Waals surface area contributed by atoms with Gasteiger partial charge in [0.25, 0.3) is 0 Å². The fourth-order valence-electron chi connectivity index (χ4n) is 2.60. The molecule has 0 aliphatic carbocycles. The molecule has 0 aliphatic heterocycles. The van der Waals surface area contributed by atoms with Gasteiger partial charge in [0.05, 0.1) is 19.3 Å². The monoisotopic (exact) mass is 294 g/mol. The molecule has 1 aromatic carbocycles. The zero-order chi connectivity index (χ0) is 16.2. The number of methoxy groups -OCH3 is 1. The maximum Gasteiger partial charge on any atom is 0.125 e. The van der Waals surface area contributed by atoms with Crippen molar-refractivity contribution in [2.24, 2.45) is 0 Å². The highest BCUT2D eigenvalue weighted by Gasteiger charge is 2.22. The van der Waals surface area contributed by atoms with E-state index in [2.05, 4.69) is 39.8 Å². The molecule has 21 heavy (non-hydrogen) atoms. The molecule has 1 aromatic rings. The average molecular weight is 294 g/mol. The van der Waals surface area contributed by atoms with Crippen LogP contribution in [0.4, 0.5) is 0 Å². The second-order valence-corrected chi connectivity index (χ2v) is 6.84. The lowest BCUT2D eigenvalue weighted by atomic mass is 9.83.